The number of hydrogen-bond acceptors (Lipinski definition) is 2. The lowest BCUT2D eigenvalue weighted by Crippen LogP contribution is -2.55. The lowest BCUT2D eigenvalue weighted by molar-refractivity contribution is -0.137. The zero-order valence-corrected chi connectivity index (χ0v) is 11.8. The van der Waals surface area contributed by atoms with Crippen LogP contribution in [0.1, 0.15) is 37.7 Å². The van der Waals surface area contributed by atoms with E-state index in [1.54, 1.807) is 0 Å². The molecule has 0 bridgehead atoms. The van der Waals surface area contributed by atoms with Crippen molar-refractivity contribution in [2.24, 2.45) is 5.41 Å². The van der Waals surface area contributed by atoms with Crippen molar-refractivity contribution in [1.82, 2.24) is 4.90 Å². The summed E-state index contributed by atoms with van der Waals surface area (Å²) in [5.41, 5.74) is 1.32. The van der Waals surface area contributed by atoms with Gasteiger partial charge in [-0.05, 0) is 31.9 Å². The monoisotopic (exact) mass is 257 g/mol. The van der Waals surface area contributed by atoms with E-state index in [1.807, 2.05) is 0 Å². The average molecular weight is 257 g/mol. The smallest absolute Gasteiger partial charge is 0.141 e. The van der Waals surface area contributed by atoms with Gasteiger partial charge in [-0.2, -0.15) is 0 Å². The van der Waals surface area contributed by atoms with Crippen molar-refractivity contribution in [3.63, 3.8) is 0 Å². The lowest BCUT2D eigenvalue weighted by Gasteiger charge is -2.46. The van der Waals surface area contributed by atoms with Gasteiger partial charge in [0.2, 0.25) is 0 Å². The van der Waals surface area contributed by atoms with E-state index in [4.69, 9.17) is 0 Å². The van der Waals surface area contributed by atoms with E-state index in [9.17, 15) is 4.79 Å². The zero-order valence-electron chi connectivity index (χ0n) is 11.8. The number of nitrogens with zero attached hydrogens (tertiary/aromatic N) is 1. The summed E-state index contributed by atoms with van der Waals surface area (Å²) in [6.45, 7) is 0.929. The van der Waals surface area contributed by atoms with Gasteiger partial charge in [-0.25, -0.2) is 0 Å². The molecule has 0 aromatic heterocycles. The van der Waals surface area contributed by atoms with Crippen molar-refractivity contribution in [3.05, 3.63) is 35.9 Å². The van der Waals surface area contributed by atoms with Gasteiger partial charge in [0.15, 0.2) is 0 Å². The number of carbonyl (C=O) groups is 1. The Morgan fingerprint density at radius 1 is 1.21 bits per heavy atom. The summed E-state index contributed by atoms with van der Waals surface area (Å²) in [6, 6.07) is 11.0. The summed E-state index contributed by atoms with van der Waals surface area (Å²) in [7, 11) is 2.19. The van der Waals surface area contributed by atoms with Crippen molar-refractivity contribution < 1.29 is 4.79 Å². The molecule has 1 heterocycles. The van der Waals surface area contributed by atoms with Crippen LogP contribution in [0.4, 0.5) is 0 Å². The average Bonchev–Trinajstić information content (AvgIpc) is 2.91. The molecule has 3 rings (SSSR count). The molecule has 1 unspecified atom stereocenters. The van der Waals surface area contributed by atoms with Gasteiger partial charge < -0.3 is 4.90 Å². The van der Waals surface area contributed by atoms with Crippen LogP contribution in [0.3, 0.4) is 0 Å². The number of carbonyl (C=O) groups excluding carboxylic acids is 1. The first-order valence-corrected chi connectivity index (χ1v) is 7.50. The third-order valence-electron chi connectivity index (χ3n) is 5.18. The van der Waals surface area contributed by atoms with Crippen molar-refractivity contribution >= 4 is 5.78 Å². The maximum Gasteiger partial charge on any atom is 0.141 e. The molecule has 102 valence electrons. The minimum Gasteiger partial charge on any atom is -0.302 e. The summed E-state index contributed by atoms with van der Waals surface area (Å²) in [6.07, 6.45) is 6.43. The predicted molar refractivity (Wildman–Crippen MR) is 77.1 cm³/mol. The highest BCUT2D eigenvalue weighted by Gasteiger charge is 2.50. The number of likely N-dealkylation sites (tertiary alicyclic amines) is 1. The summed E-state index contributed by atoms with van der Waals surface area (Å²) < 4.78 is 0. The SMILES string of the molecule is CN1CCC(=O)C2(CCCC2)C1Cc1ccccc1. The number of benzene rings is 1. The fourth-order valence-corrected chi connectivity index (χ4v) is 4.10. The molecule has 0 N–H and O–H groups in total. The minimum atomic E-state index is -0.0388. The number of rotatable bonds is 2. The van der Waals surface area contributed by atoms with E-state index in [0.717, 1.165) is 32.2 Å². The van der Waals surface area contributed by atoms with Gasteiger partial charge >= 0.3 is 0 Å². The molecule has 1 atom stereocenters. The number of piperidine rings is 1. The molecule has 1 saturated carbocycles. The number of likely N-dealkylation sites (N-methyl/N-ethyl adjacent to an activating group) is 1. The Kier molecular flexibility index (Phi) is 3.44. The van der Waals surface area contributed by atoms with E-state index in [2.05, 4.69) is 42.3 Å². The Morgan fingerprint density at radius 3 is 2.58 bits per heavy atom. The molecule has 2 nitrogen and oxygen atoms in total. The predicted octanol–water partition coefficient (Wildman–Crippen LogP) is 3.06. The number of ketones is 1. The molecule has 0 radical (unpaired) electrons. The third kappa shape index (κ3) is 2.23. The Labute approximate surface area is 115 Å². The van der Waals surface area contributed by atoms with Gasteiger partial charge in [-0.1, -0.05) is 43.2 Å². The molecule has 19 heavy (non-hydrogen) atoms. The molecule has 1 aliphatic heterocycles. The van der Waals surface area contributed by atoms with Gasteiger partial charge in [0.1, 0.15) is 5.78 Å². The zero-order chi connectivity index (χ0) is 13.3. The Balaban J connectivity index is 1.88. The second-order valence-corrected chi connectivity index (χ2v) is 6.22. The van der Waals surface area contributed by atoms with Crippen LogP contribution in [0.15, 0.2) is 30.3 Å². The van der Waals surface area contributed by atoms with Crippen molar-refractivity contribution in [3.8, 4) is 0 Å². The molecule has 1 aliphatic carbocycles. The molecular weight excluding hydrogens is 234 g/mol. The lowest BCUT2D eigenvalue weighted by atomic mass is 9.69. The van der Waals surface area contributed by atoms with Crippen molar-refractivity contribution in [2.45, 2.75) is 44.6 Å². The highest BCUT2D eigenvalue weighted by atomic mass is 16.1. The van der Waals surface area contributed by atoms with Crippen LogP contribution in [-0.2, 0) is 11.2 Å². The molecule has 1 spiro atoms. The van der Waals surface area contributed by atoms with E-state index < -0.39 is 0 Å². The van der Waals surface area contributed by atoms with Gasteiger partial charge in [0, 0.05) is 24.4 Å². The van der Waals surface area contributed by atoms with E-state index >= 15 is 0 Å². The van der Waals surface area contributed by atoms with Crippen LogP contribution in [0, 0.1) is 5.41 Å². The van der Waals surface area contributed by atoms with Crippen molar-refractivity contribution in [2.75, 3.05) is 13.6 Å². The van der Waals surface area contributed by atoms with Crippen LogP contribution in [0.2, 0.25) is 0 Å². The van der Waals surface area contributed by atoms with Crippen LogP contribution in [0.25, 0.3) is 0 Å². The normalized spacial score (nSPS) is 27.0. The molecule has 2 heteroatoms. The van der Waals surface area contributed by atoms with Crippen LogP contribution >= 0.6 is 0 Å². The molecule has 1 saturated heterocycles. The van der Waals surface area contributed by atoms with Crippen molar-refractivity contribution in [1.29, 1.82) is 0 Å². The summed E-state index contributed by atoms with van der Waals surface area (Å²) in [5, 5.41) is 0. The molecule has 1 aromatic carbocycles. The summed E-state index contributed by atoms with van der Waals surface area (Å²) >= 11 is 0. The first-order chi connectivity index (χ1) is 9.22. The maximum absolute atomic E-state index is 12.5. The van der Waals surface area contributed by atoms with E-state index in [0.29, 0.717) is 11.8 Å². The second kappa shape index (κ2) is 5.09. The Bertz CT molecular complexity index is 448. The fraction of sp³-hybridized carbons (Fsp3) is 0.588. The van der Waals surface area contributed by atoms with Crippen LogP contribution < -0.4 is 0 Å². The standard InChI is InChI=1S/C17H23NO/c1-18-12-9-16(19)17(10-5-6-11-17)15(18)13-14-7-3-2-4-8-14/h2-4,7-8,15H,5-6,9-13H2,1H3. The molecule has 2 fully saturated rings. The van der Waals surface area contributed by atoms with Gasteiger partial charge in [-0.15, -0.1) is 0 Å². The third-order valence-corrected chi connectivity index (χ3v) is 5.18. The quantitative estimate of drug-likeness (QED) is 0.811. The van der Waals surface area contributed by atoms with Crippen LogP contribution in [-0.4, -0.2) is 30.3 Å². The molecule has 0 amide bonds. The van der Waals surface area contributed by atoms with Gasteiger partial charge in [-0.3, -0.25) is 4.79 Å². The highest BCUT2D eigenvalue weighted by Crippen LogP contribution is 2.47. The largest absolute Gasteiger partial charge is 0.302 e. The topological polar surface area (TPSA) is 20.3 Å². The first kappa shape index (κ1) is 12.9. The second-order valence-electron chi connectivity index (χ2n) is 6.22. The van der Waals surface area contributed by atoms with Gasteiger partial charge in [0.05, 0.1) is 0 Å². The highest BCUT2D eigenvalue weighted by molar-refractivity contribution is 5.87. The first-order valence-electron chi connectivity index (χ1n) is 7.50. The molecule has 1 aromatic rings. The summed E-state index contributed by atoms with van der Waals surface area (Å²) in [4.78, 5) is 15.0. The van der Waals surface area contributed by atoms with Crippen LogP contribution in [0.5, 0.6) is 0 Å². The fourth-order valence-electron chi connectivity index (χ4n) is 4.10. The molecular formula is C17H23NO. The number of Topliss-reactive ketones (excluding diaryl/α,β-unsaturated/α-hetero) is 1. The van der Waals surface area contributed by atoms with Gasteiger partial charge in [0.25, 0.3) is 0 Å². The van der Waals surface area contributed by atoms with E-state index in [1.165, 1.54) is 18.4 Å². The maximum atomic E-state index is 12.5. The number of hydrogen-bond donors (Lipinski definition) is 0. The molecule has 2 aliphatic rings. The summed E-state index contributed by atoms with van der Waals surface area (Å²) in [5.74, 6) is 0.532. The Morgan fingerprint density at radius 2 is 1.89 bits per heavy atom. The van der Waals surface area contributed by atoms with E-state index in [-0.39, 0.29) is 5.41 Å². The Hall–Kier alpha value is -1.15. The minimum absolute atomic E-state index is 0.0388.